The first-order valence-electron chi connectivity index (χ1n) is 7.95. The Bertz CT molecular complexity index is 411. The lowest BCUT2D eigenvalue weighted by molar-refractivity contribution is 0.198. The van der Waals surface area contributed by atoms with Crippen molar-refractivity contribution in [2.45, 2.75) is 71.4 Å². The van der Waals surface area contributed by atoms with Gasteiger partial charge in [-0.3, -0.25) is 0 Å². The first kappa shape index (κ1) is 13.0. The molecule has 0 bridgehead atoms. The lowest BCUT2D eigenvalue weighted by Crippen LogP contribution is -2.26. The topological polar surface area (TPSA) is 29.9 Å². The highest BCUT2D eigenvalue weighted by Crippen LogP contribution is 2.45. The van der Waals surface area contributed by atoms with Crippen molar-refractivity contribution in [1.29, 1.82) is 0 Å². The van der Waals surface area contributed by atoms with Crippen LogP contribution in [0.15, 0.2) is 12.4 Å². The molecule has 1 aromatic heterocycles. The van der Waals surface area contributed by atoms with Gasteiger partial charge in [0.15, 0.2) is 0 Å². The van der Waals surface area contributed by atoms with Gasteiger partial charge in [-0.1, -0.05) is 26.7 Å². The lowest BCUT2D eigenvalue weighted by atomic mass is 9.78. The van der Waals surface area contributed by atoms with E-state index in [1.54, 1.807) is 0 Å². The Morgan fingerprint density at radius 1 is 1.37 bits per heavy atom. The molecule has 3 rings (SSSR count). The van der Waals surface area contributed by atoms with Crippen molar-refractivity contribution in [1.82, 2.24) is 9.55 Å². The van der Waals surface area contributed by atoms with E-state index in [1.807, 2.05) is 6.20 Å². The standard InChI is InChI=1S/C16H27N3/c1-13(2)11-16(7-3-4-8-16)12-19-10-9-17-15(19)18-14-5-6-14/h9-10,13-14H,3-8,11-12H2,1-2H3,(H,17,18). The van der Waals surface area contributed by atoms with Gasteiger partial charge in [0.1, 0.15) is 0 Å². The summed E-state index contributed by atoms with van der Waals surface area (Å²) in [6.45, 7) is 5.87. The van der Waals surface area contributed by atoms with Crippen molar-refractivity contribution in [2.75, 3.05) is 5.32 Å². The number of rotatable bonds is 6. The maximum atomic E-state index is 4.50. The minimum Gasteiger partial charge on any atom is -0.353 e. The normalized spacial score (nSPS) is 22.1. The smallest absolute Gasteiger partial charge is 0.203 e. The third kappa shape index (κ3) is 3.13. The zero-order valence-corrected chi connectivity index (χ0v) is 12.4. The summed E-state index contributed by atoms with van der Waals surface area (Å²) in [6.07, 6.45) is 13.7. The maximum Gasteiger partial charge on any atom is 0.203 e. The maximum absolute atomic E-state index is 4.50. The fraction of sp³-hybridized carbons (Fsp3) is 0.812. The summed E-state index contributed by atoms with van der Waals surface area (Å²) in [7, 11) is 0. The van der Waals surface area contributed by atoms with E-state index in [2.05, 4.69) is 34.9 Å². The SMILES string of the molecule is CC(C)CC1(Cn2ccnc2NC2CC2)CCCC1. The second-order valence-corrected chi connectivity index (χ2v) is 7.10. The summed E-state index contributed by atoms with van der Waals surface area (Å²) in [5.41, 5.74) is 0.523. The molecule has 2 aliphatic carbocycles. The van der Waals surface area contributed by atoms with Gasteiger partial charge in [0.05, 0.1) is 0 Å². The van der Waals surface area contributed by atoms with E-state index in [9.17, 15) is 0 Å². The average molecular weight is 261 g/mol. The quantitative estimate of drug-likeness (QED) is 0.836. The van der Waals surface area contributed by atoms with Crippen LogP contribution in [-0.2, 0) is 6.54 Å². The minimum absolute atomic E-state index is 0.523. The van der Waals surface area contributed by atoms with Crippen LogP contribution in [0.5, 0.6) is 0 Å². The van der Waals surface area contributed by atoms with Gasteiger partial charge in [0.2, 0.25) is 5.95 Å². The molecule has 1 heterocycles. The molecule has 0 amide bonds. The van der Waals surface area contributed by atoms with Crippen LogP contribution in [0.3, 0.4) is 0 Å². The molecule has 0 spiro atoms. The van der Waals surface area contributed by atoms with Crippen LogP contribution in [0.1, 0.15) is 58.8 Å². The van der Waals surface area contributed by atoms with Gasteiger partial charge in [-0.05, 0) is 43.4 Å². The molecular formula is C16H27N3. The Kier molecular flexibility index (Phi) is 3.55. The summed E-state index contributed by atoms with van der Waals surface area (Å²) in [5.74, 6) is 1.89. The van der Waals surface area contributed by atoms with Crippen molar-refractivity contribution in [3.63, 3.8) is 0 Å². The van der Waals surface area contributed by atoms with E-state index in [1.165, 1.54) is 44.9 Å². The van der Waals surface area contributed by atoms with E-state index in [-0.39, 0.29) is 0 Å². The molecule has 0 unspecified atom stereocenters. The number of nitrogens with zero attached hydrogens (tertiary/aromatic N) is 2. The molecule has 3 heteroatoms. The monoisotopic (exact) mass is 261 g/mol. The highest BCUT2D eigenvalue weighted by atomic mass is 15.2. The molecule has 19 heavy (non-hydrogen) atoms. The fourth-order valence-corrected chi connectivity index (χ4v) is 3.77. The van der Waals surface area contributed by atoms with E-state index in [4.69, 9.17) is 0 Å². The van der Waals surface area contributed by atoms with E-state index >= 15 is 0 Å². The molecule has 0 saturated heterocycles. The zero-order chi connectivity index (χ0) is 13.3. The molecule has 2 aliphatic rings. The van der Waals surface area contributed by atoms with Crippen LogP contribution in [-0.4, -0.2) is 15.6 Å². The van der Waals surface area contributed by atoms with E-state index in [0.717, 1.165) is 18.4 Å². The molecule has 3 nitrogen and oxygen atoms in total. The van der Waals surface area contributed by atoms with E-state index < -0.39 is 0 Å². The number of aromatic nitrogens is 2. The molecule has 2 fully saturated rings. The molecule has 0 aliphatic heterocycles. The van der Waals surface area contributed by atoms with Gasteiger partial charge in [-0.2, -0.15) is 0 Å². The van der Waals surface area contributed by atoms with Crippen LogP contribution < -0.4 is 5.32 Å². The van der Waals surface area contributed by atoms with Gasteiger partial charge in [-0.15, -0.1) is 0 Å². The predicted molar refractivity (Wildman–Crippen MR) is 79.2 cm³/mol. The molecule has 0 aromatic carbocycles. The fourth-order valence-electron chi connectivity index (χ4n) is 3.77. The molecule has 106 valence electrons. The van der Waals surface area contributed by atoms with E-state index in [0.29, 0.717) is 11.5 Å². The third-order valence-corrected chi connectivity index (χ3v) is 4.64. The van der Waals surface area contributed by atoms with Crippen LogP contribution >= 0.6 is 0 Å². The highest BCUT2D eigenvalue weighted by molar-refractivity contribution is 5.30. The number of hydrogen-bond acceptors (Lipinski definition) is 2. The zero-order valence-electron chi connectivity index (χ0n) is 12.4. The molecule has 0 atom stereocenters. The number of nitrogens with one attached hydrogen (secondary N) is 1. The Labute approximate surface area is 116 Å². The minimum atomic E-state index is 0.523. The van der Waals surface area contributed by atoms with Crippen LogP contribution in [0.25, 0.3) is 0 Å². The Morgan fingerprint density at radius 3 is 2.74 bits per heavy atom. The summed E-state index contributed by atoms with van der Waals surface area (Å²) in [5, 5.41) is 3.56. The summed E-state index contributed by atoms with van der Waals surface area (Å²) < 4.78 is 2.37. The van der Waals surface area contributed by atoms with Crippen molar-refractivity contribution >= 4 is 5.95 Å². The lowest BCUT2D eigenvalue weighted by Gasteiger charge is -2.32. The first-order chi connectivity index (χ1) is 9.17. The molecule has 1 N–H and O–H groups in total. The third-order valence-electron chi connectivity index (χ3n) is 4.64. The van der Waals surface area contributed by atoms with Crippen molar-refractivity contribution in [3.05, 3.63) is 12.4 Å². The molecule has 0 radical (unpaired) electrons. The van der Waals surface area contributed by atoms with Crippen molar-refractivity contribution in [2.24, 2.45) is 11.3 Å². The van der Waals surface area contributed by atoms with Crippen molar-refractivity contribution < 1.29 is 0 Å². The molecule has 1 aromatic rings. The number of hydrogen-bond donors (Lipinski definition) is 1. The van der Waals surface area contributed by atoms with Gasteiger partial charge in [0.25, 0.3) is 0 Å². The first-order valence-corrected chi connectivity index (χ1v) is 7.95. The van der Waals surface area contributed by atoms with Crippen LogP contribution in [0.2, 0.25) is 0 Å². The number of imidazole rings is 1. The molecule has 2 saturated carbocycles. The summed E-state index contributed by atoms with van der Waals surface area (Å²) >= 11 is 0. The van der Waals surface area contributed by atoms with Crippen molar-refractivity contribution in [3.8, 4) is 0 Å². The van der Waals surface area contributed by atoms with Gasteiger partial charge >= 0.3 is 0 Å². The predicted octanol–water partition coefficient (Wildman–Crippen LogP) is 4.06. The van der Waals surface area contributed by atoms with Crippen LogP contribution in [0.4, 0.5) is 5.95 Å². The van der Waals surface area contributed by atoms with Gasteiger partial charge in [-0.25, -0.2) is 4.98 Å². The number of anilines is 1. The second kappa shape index (κ2) is 5.18. The van der Waals surface area contributed by atoms with Gasteiger partial charge in [0, 0.05) is 25.0 Å². The Hall–Kier alpha value is -0.990. The van der Waals surface area contributed by atoms with Crippen LogP contribution in [0, 0.1) is 11.3 Å². The Morgan fingerprint density at radius 2 is 2.11 bits per heavy atom. The van der Waals surface area contributed by atoms with Gasteiger partial charge < -0.3 is 9.88 Å². The molecular weight excluding hydrogens is 234 g/mol. The second-order valence-electron chi connectivity index (χ2n) is 7.10. The highest BCUT2D eigenvalue weighted by Gasteiger charge is 2.35. The largest absolute Gasteiger partial charge is 0.353 e. The summed E-state index contributed by atoms with van der Waals surface area (Å²) in [4.78, 5) is 4.50. The Balaban J connectivity index is 1.72. The average Bonchev–Trinajstić information content (AvgIpc) is 2.88. The summed E-state index contributed by atoms with van der Waals surface area (Å²) in [6, 6.07) is 0.686.